The lowest BCUT2D eigenvalue weighted by atomic mass is 9.96. The molecule has 0 saturated carbocycles. The minimum Gasteiger partial charge on any atom is -0.208 e. The summed E-state index contributed by atoms with van der Waals surface area (Å²) in [5.41, 5.74) is 5.20. The Morgan fingerprint density at radius 2 is 0.962 bits per heavy atom. The molecule has 0 radical (unpaired) electrons. The SMILES string of the molecule is [2H]c1c([2H])c([2H])c2c(c1[2H])c([2H])c([2H])c1c(-c3nc(-c4cccc(-c5ccc(-c6cccc7ccccc67)cc5)c4)nc(-c4ccc5ccccc5c4)n3)c([2H])c([2H])c([2H])c12. The molecule has 0 unspecified atom stereocenters. The monoisotopic (exact) mass is 670 g/mol. The van der Waals surface area contributed by atoms with Gasteiger partial charge in [0.15, 0.2) is 17.5 Å². The number of benzene rings is 9. The van der Waals surface area contributed by atoms with Gasteiger partial charge in [-0.3, -0.25) is 0 Å². The van der Waals surface area contributed by atoms with Gasteiger partial charge in [-0.25, -0.2) is 15.0 Å². The molecule has 242 valence electrons. The molecular formula is C49H31N3. The maximum atomic E-state index is 9.24. The van der Waals surface area contributed by atoms with E-state index >= 15 is 0 Å². The summed E-state index contributed by atoms with van der Waals surface area (Å²) in [5, 5.41) is 3.57. The Kier molecular flexibility index (Phi) is 5.25. The highest BCUT2D eigenvalue weighted by atomic mass is 15.0. The van der Waals surface area contributed by atoms with E-state index in [0.29, 0.717) is 11.1 Å². The van der Waals surface area contributed by atoms with Crippen molar-refractivity contribution >= 4 is 43.1 Å². The number of hydrogen-bond donors (Lipinski definition) is 0. The molecule has 0 aliphatic heterocycles. The first-order chi connectivity index (χ1) is 29.5. The highest BCUT2D eigenvalue weighted by Crippen LogP contribution is 2.35. The van der Waals surface area contributed by atoms with Gasteiger partial charge in [-0.2, -0.15) is 0 Å². The van der Waals surface area contributed by atoms with E-state index in [1.807, 2.05) is 78.9 Å². The normalized spacial score (nSPS) is 13.9. The van der Waals surface area contributed by atoms with Crippen LogP contribution in [0.25, 0.3) is 99.5 Å². The Labute approximate surface area is 314 Å². The van der Waals surface area contributed by atoms with Crippen LogP contribution in [0.15, 0.2) is 188 Å². The van der Waals surface area contributed by atoms with E-state index in [1.165, 1.54) is 5.39 Å². The van der Waals surface area contributed by atoms with Gasteiger partial charge in [-0.1, -0.05) is 176 Å². The lowest BCUT2D eigenvalue weighted by molar-refractivity contribution is 1.08. The van der Waals surface area contributed by atoms with Crippen molar-refractivity contribution in [3.8, 4) is 56.4 Å². The summed E-state index contributed by atoms with van der Waals surface area (Å²) >= 11 is 0. The van der Waals surface area contributed by atoms with E-state index < -0.39 is 54.4 Å². The third-order valence-electron chi connectivity index (χ3n) is 9.43. The first-order valence-corrected chi connectivity index (χ1v) is 16.9. The standard InChI is InChI=1S/C49H31N3/c1-2-13-37-31-40(27-24-32(37)10-1)48-50-47(51-49(52-48)46-21-9-20-44-43-18-6-4-12-35(43)28-29-45(44)46)39-16-7-15-38(30-39)33-22-25-36(26-23-33)42-19-8-14-34-11-3-5-17-41(34)42/h1-31H/i4D,6D,9D,12D,18D,20D,21D,28D,29D. The van der Waals surface area contributed by atoms with Gasteiger partial charge in [0, 0.05) is 16.7 Å². The lowest BCUT2D eigenvalue weighted by Gasteiger charge is -2.12. The molecule has 0 aliphatic rings. The summed E-state index contributed by atoms with van der Waals surface area (Å²) in [4.78, 5) is 14.7. The predicted molar refractivity (Wildman–Crippen MR) is 217 cm³/mol. The number of rotatable bonds is 5. The van der Waals surface area contributed by atoms with E-state index in [1.54, 1.807) is 0 Å². The molecule has 0 bridgehead atoms. The van der Waals surface area contributed by atoms with Gasteiger partial charge in [0.1, 0.15) is 0 Å². The van der Waals surface area contributed by atoms with E-state index in [4.69, 9.17) is 24.5 Å². The summed E-state index contributed by atoms with van der Waals surface area (Å²) in [7, 11) is 0. The van der Waals surface area contributed by atoms with Crippen molar-refractivity contribution < 1.29 is 12.3 Å². The summed E-state index contributed by atoms with van der Waals surface area (Å²) < 4.78 is 79.6. The van der Waals surface area contributed by atoms with E-state index in [2.05, 4.69) is 54.6 Å². The van der Waals surface area contributed by atoms with Gasteiger partial charge < -0.3 is 0 Å². The minimum atomic E-state index is -0.581. The summed E-state index contributed by atoms with van der Waals surface area (Å²) in [6, 6.07) is 39.5. The van der Waals surface area contributed by atoms with Crippen molar-refractivity contribution in [1.82, 2.24) is 15.0 Å². The molecule has 0 aliphatic carbocycles. The summed E-state index contributed by atoms with van der Waals surface area (Å²) in [5.74, 6) is 0.385. The van der Waals surface area contributed by atoms with Crippen LogP contribution in [0.2, 0.25) is 0 Å². The highest BCUT2D eigenvalue weighted by Gasteiger charge is 2.16. The highest BCUT2D eigenvalue weighted by molar-refractivity contribution is 6.11. The van der Waals surface area contributed by atoms with Crippen molar-refractivity contribution in [2.45, 2.75) is 0 Å². The van der Waals surface area contributed by atoms with Gasteiger partial charge in [0.2, 0.25) is 0 Å². The first kappa shape index (κ1) is 22.0. The molecule has 0 amide bonds. The van der Waals surface area contributed by atoms with Crippen LogP contribution >= 0.6 is 0 Å². The van der Waals surface area contributed by atoms with Gasteiger partial charge in [-0.05, 0) is 77.5 Å². The van der Waals surface area contributed by atoms with Crippen molar-refractivity contribution in [2.75, 3.05) is 0 Å². The van der Waals surface area contributed by atoms with E-state index in [0.717, 1.165) is 38.4 Å². The van der Waals surface area contributed by atoms with Crippen molar-refractivity contribution in [2.24, 2.45) is 0 Å². The molecule has 3 nitrogen and oxygen atoms in total. The molecule has 9 aromatic carbocycles. The smallest absolute Gasteiger partial charge is 0.164 e. The first-order valence-electron chi connectivity index (χ1n) is 21.4. The maximum absolute atomic E-state index is 9.24. The fourth-order valence-corrected chi connectivity index (χ4v) is 6.84. The van der Waals surface area contributed by atoms with Crippen LogP contribution in [0.1, 0.15) is 12.3 Å². The second kappa shape index (κ2) is 12.4. The molecule has 10 rings (SSSR count). The van der Waals surface area contributed by atoms with Crippen molar-refractivity contribution in [3.63, 3.8) is 0 Å². The Morgan fingerprint density at radius 1 is 0.308 bits per heavy atom. The van der Waals surface area contributed by atoms with Crippen molar-refractivity contribution in [3.05, 3.63) is 188 Å². The number of fused-ring (bicyclic) bond motifs is 5. The summed E-state index contributed by atoms with van der Waals surface area (Å²) in [6.07, 6.45) is 0. The average Bonchev–Trinajstić information content (AvgIpc) is 3.30. The Balaban J connectivity index is 1.20. The van der Waals surface area contributed by atoms with Crippen LogP contribution in [0.3, 0.4) is 0 Å². The zero-order valence-corrected chi connectivity index (χ0v) is 27.5. The van der Waals surface area contributed by atoms with E-state index in [-0.39, 0.29) is 44.6 Å². The van der Waals surface area contributed by atoms with Gasteiger partial charge in [-0.15, -0.1) is 0 Å². The van der Waals surface area contributed by atoms with Gasteiger partial charge in [0.25, 0.3) is 0 Å². The van der Waals surface area contributed by atoms with Crippen LogP contribution < -0.4 is 0 Å². The lowest BCUT2D eigenvalue weighted by Crippen LogP contribution is -2.01. The minimum absolute atomic E-state index is 0.0883. The molecule has 52 heavy (non-hydrogen) atoms. The zero-order valence-electron chi connectivity index (χ0n) is 36.5. The molecule has 0 spiro atoms. The number of aromatic nitrogens is 3. The zero-order chi connectivity index (χ0) is 42.3. The molecule has 1 aromatic heterocycles. The molecule has 10 aromatic rings. The van der Waals surface area contributed by atoms with E-state index in [9.17, 15) is 2.74 Å². The Bertz CT molecular complexity index is 3480. The molecular weight excluding hydrogens is 631 g/mol. The van der Waals surface area contributed by atoms with Crippen LogP contribution in [0.4, 0.5) is 0 Å². The number of hydrogen-bond acceptors (Lipinski definition) is 3. The second-order valence-electron chi connectivity index (χ2n) is 12.6. The molecule has 3 heteroatoms. The van der Waals surface area contributed by atoms with Crippen LogP contribution in [-0.2, 0) is 0 Å². The Hall–Kier alpha value is -6.97. The Morgan fingerprint density at radius 3 is 1.85 bits per heavy atom. The topological polar surface area (TPSA) is 38.7 Å². The molecule has 0 atom stereocenters. The predicted octanol–water partition coefficient (Wildman–Crippen LogP) is 12.8. The second-order valence-corrected chi connectivity index (χ2v) is 12.6. The van der Waals surface area contributed by atoms with Gasteiger partial charge >= 0.3 is 0 Å². The van der Waals surface area contributed by atoms with Crippen LogP contribution in [0, 0.1) is 0 Å². The van der Waals surface area contributed by atoms with Crippen molar-refractivity contribution in [1.29, 1.82) is 0 Å². The largest absolute Gasteiger partial charge is 0.208 e. The van der Waals surface area contributed by atoms with Gasteiger partial charge in [0.05, 0.1) is 12.3 Å². The third kappa shape index (κ3) is 5.28. The summed E-state index contributed by atoms with van der Waals surface area (Å²) in [6.45, 7) is 0. The molecule has 0 saturated heterocycles. The third-order valence-corrected chi connectivity index (χ3v) is 9.43. The molecule has 1 heterocycles. The molecule has 0 N–H and O–H groups in total. The van der Waals surface area contributed by atoms with Crippen LogP contribution in [-0.4, -0.2) is 15.0 Å². The average molecular weight is 671 g/mol. The number of nitrogens with zero attached hydrogens (tertiary/aromatic N) is 3. The fraction of sp³-hybridized carbons (Fsp3) is 0. The fourth-order valence-electron chi connectivity index (χ4n) is 6.84. The van der Waals surface area contributed by atoms with Crippen LogP contribution in [0.5, 0.6) is 0 Å². The maximum Gasteiger partial charge on any atom is 0.164 e. The molecule has 0 fully saturated rings. The quantitative estimate of drug-likeness (QED) is 0.171.